The number of carbonyl (C=O) groups excluding carboxylic acids is 2. The van der Waals surface area contributed by atoms with Crippen molar-refractivity contribution in [1.82, 2.24) is 0 Å². The van der Waals surface area contributed by atoms with E-state index in [2.05, 4.69) is 22.6 Å². The van der Waals surface area contributed by atoms with Crippen molar-refractivity contribution >= 4 is 35.1 Å². The van der Waals surface area contributed by atoms with Crippen molar-refractivity contribution < 1.29 is 19.1 Å². The van der Waals surface area contributed by atoms with Crippen LogP contribution in [0.15, 0.2) is 24.8 Å². The van der Waals surface area contributed by atoms with Gasteiger partial charge in [-0.2, -0.15) is 0 Å². The number of hydrogen-bond donors (Lipinski definition) is 0. The Morgan fingerprint density at radius 3 is 2.00 bits per heavy atom. The molecule has 0 aliphatic heterocycles. The fraction of sp³-hybridized carbons (Fsp3) is 0.455. The highest BCUT2D eigenvalue weighted by Gasteiger charge is 1.99. The summed E-state index contributed by atoms with van der Waals surface area (Å²) in [5.74, 6) is -0.139. The first-order valence-electron chi connectivity index (χ1n) is 4.73. The largest absolute Gasteiger partial charge is 0.461 e. The summed E-state index contributed by atoms with van der Waals surface area (Å²) in [6.45, 7) is 8.69. The molecule has 0 spiro atoms. The van der Waals surface area contributed by atoms with Crippen molar-refractivity contribution in [3.8, 4) is 0 Å². The van der Waals surface area contributed by atoms with Gasteiger partial charge in [-0.1, -0.05) is 13.2 Å². The van der Waals surface area contributed by atoms with Crippen molar-refractivity contribution in [2.45, 2.75) is 6.92 Å². The Kier molecular flexibility index (Phi) is 14.1. The van der Waals surface area contributed by atoms with E-state index in [0.29, 0.717) is 17.3 Å². The molecule has 0 N–H and O–H groups in total. The van der Waals surface area contributed by atoms with Gasteiger partial charge < -0.3 is 9.47 Å². The first-order chi connectivity index (χ1) is 7.99. The SMILES string of the molecule is C=C(C)C(=O)OCCCl.C=CC(=O)OCCCl. The van der Waals surface area contributed by atoms with Gasteiger partial charge in [-0.05, 0) is 6.92 Å². The molecule has 0 bridgehead atoms. The van der Waals surface area contributed by atoms with Gasteiger partial charge in [0.1, 0.15) is 13.2 Å². The van der Waals surface area contributed by atoms with Gasteiger partial charge in [0.2, 0.25) is 0 Å². The molecule has 98 valence electrons. The third kappa shape index (κ3) is 15.0. The van der Waals surface area contributed by atoms with Crippen LogP contribution in [0, 0.1) is 0 Å². The molecular weight excluding hydrogens is 267 g/mol. The summed E-state index contributed by atoms with van der Waals surface area (Å²) >= 11 is 10.4. The second kappa shape index (κ2) is 13.1. The summed E-state index contributed by atoms with van der Waals surface area (Å²) in [4.78, 5) is 20.7. The van der Waals surface area contributed by atoms with Crippen molar-refractivity contribution in [3.05, 3.63) is 24.8 Å². The summed E-state index contributed by atoms with van der Waals surface area (Å²) in [5.41, 5.74) is 0.403. The highest BCUT2D eigenvalue weighted by Crippen LogP contribution is 1.91. The summed E-state index contributed by atoms with van der Waals surface area (Å²) in [7, 11) is 0. The van der Waals surface area contributed by atoms with E-state index in [1.165, 1.54) is 0 Å². The Labute approximate surface area is 111 Å². The molecule has 6 heteroatoms. The first-order valence-corrected chi connectivity index (χ1v) is 5.80. The van der Waals surface area contributed by atoms with Crippen molar-refractivity contribution in [1.29, 1.82) is 0 Å². The second-order valence-corrected chi connectivity index (χ2v) is 3.42. The van der Waals surface area contributed by atoms with Crippen LogP contribution < -0.4 is 0 Å². The molecule has 0 heterocycles. The third-order valence-electron chi connectivity index (χ3n) is 1.15. The van der Waals surface area contributed by atoms with Gasteiger partial charge in [0.15, 0.2) is 0 Å². The van der Waals surface area contributed by atoms with Crippen LogP contribution in [0.2, 0.25) is 0 Å². The molecule has 0 unspecified atom stereocenters. The van der Waals surface area contributed by atoms with Crippen LogP contribution in [0.1, 0.15) is 6.92 Å². The van der Waals surface area contributed by atoms with Crippen molar-refractivity contribution in [2.75, 3.05) is 25.0 Å². The molecule has 0 aromatic heterocycles. The number of esters is 2. The zero-order valence-corrected chi connectivity index (χ0v) is 11.2. The predicted molar refractivity (Wildman–Crippen MR) is 68.4 cm³/mol. The van der Waals surface area contributed by atoms with Crippen molar-refractivity contribution in [2.24, 2.45) is 0 Å². The lowest BCUT2D eigenvalue weighted by molar-refractivity contribution is -0.138. The molecule has 0 aromatic rings. The summed E-state index contributed by atoms with van der Waals surface area (Å²) in [6.07, 6.45) is 1.10. The fourth-order valence-electron chi connectivity index (χ4n) is 0.453. The summed E-state index contributed by atoms with van der Waals surface area (Å²) in [5, 5.41) is 0. The maximum atomic E-state index is 10.5. The number of halogens is 2. The number of hydrogen-bond acceptors (Lipinski definition) is 4. The Balaban J connectivity index is 0. The average molecular weight is 283 g/mol. The van der Waals surface area contributed by atoms with Crippen LogP contribution >= 0.6 is 23.2 Å². The molecule has 0 atom stereocenters. The van der Waals surface area contributed by atoms with E-state index in [1.54, 1.807) is 6.92 Å². The molecule has 0 aromatic carbocycles. The minimum absolute atomic E-state index is 0.256. The van der Waals surface area contributed by atoms with E-state index in [1.807, 2.05) is 0 Å². The smallest absolute Gasteiger partial charge is 0.333 e. The molecule has 0 amide bonds. The van der Waals surface area contributed by atoms with E-state index in [0.717, 1.165) is 6.08 Å². The highest BCUT2D eigenvalue weighted by atomic mass is 35.5. The van der Waals surface area contributed by atoms with Crippen LogP contribution in [-0.2, 0) is 19.1 Å². The fourth-order valence-corrected chi connectivity index (χ4v) is 0.607. The Bertz CT molecular complexity index is 264. The van der Waals surface area contributed by atoms with Crippen LogP contribution in [-0.4, -0.2) is 36.9 Å². The molecule has 0 aliphatic rings. The number of carbonyl (C=O) groups is 2. The zero-order chi connectivity index (χ0) is 13.7. The van der Waals surface area contributed by atoms with Gasteiger partial charge in [-0.25, -0.2) is 9.59 Å². The molecule has 0 saturated heterocycles. The number of rotatable bonds is 6. The third-order valence-corrected chi connectivity index (χ3v) is 1.46. The topological polar surface area (TPSA) is 52.6 Å². The molecule has 0 aliphatic carbocycles. The highest BCUT2D eigenvalue weighted by molar-refractivity contribution is 6.18. The molecule has 0 rings (SSSR count). The van der Waals surface area contributed by atoms with Crippen LogP contribution in [0.3, 0.4) is 0 Å². The number of ether oxygens (including phenoxy) is 2. The summed E-state index contributed by atoms with van der Waals surface area (Å²) < 4.78 is 9.03. The van der Waals surface area contributed by atoms with Gasteiger partial charge in [-0.3, -0.25) is 0 Å². The molecule has 0 fully saturated rings. The lowest BCUT2D eigenvalue weighted by atomic mass is 10.4. The molecule has 0 radical (unpaired) electrons. The Morgan fingerprint density at radius 1 is 1.18 bits per heavy atom. The molecule has 17 heavy (non-hydrogen) atoms. The first kappa shape index (κ1) is 18.4. The minimum atomic E-state index is -0.425. The second-order valence-electron chi connectivity index (χ2n) is 2.67. The van der Waals surface area contributed by atoms with E-state index in [4.69, 9.17) is 23.2 Å². The minimum Gasteiger partial charge on any atom is -0.461 e. The maximum absolute atomic E-state index is 10.5. The maximum Gasteiger partial charge on any atom is 0.333 e. The molecular formula is C11H16Cl2O4. The molecule has 4 nitrogen and oxygen atoms in total. The normalized spacial score (nSPS) is 8.41. The zero-order valence-electron chi connectivity index (χ0n) is 9.71. The van der Waals surface area contributed by atoms with Gasteiger partial charge in [0.25, 0.3) is 0 Å². The molecule has 0 saturated carbocycles. The lowest BCUT2D eigenvalue weighted by Crippen LogP contribution is -2.06. The predicted octanol–water partition coefficient (Wildman–Crippen LogP) is 2.30. The van der Waals surface area contributed by atoms with Crippen LogP contribution in [0.5, 0.6) is 0 Å². The van der Waals surface area contributed by atoms with Gasteiger partial charge in [-0.15, -0.1) is 23.2 Å². The monoisotopic (exact) mass is 282 g/mol. The van der Waals surface area contributed by atoms with Gasteiger partial charge in [0, 0.05) is 11.6 Å². The average Bonchev–Trinajstić information content (AvgIpc) is 2.33. The van der Waals surface area contributed by atoms with Crippen molar-refractivity contribution in [3.63, 3.8) is 0 Å². The van der Waals surface area contributed by atoms with E-state index in [9.17, 15) is 9.59 Å². The quantitative estimate of drug-likeness (QED) is 0.426. The summed E-state index contributed by atoms with van der Waals surface area (Å²) in [6, 6.07) is 0. The standard InChI is InChI=1S/C6H9ClO2.C5H7ClO2/c1-5(2)6(8)9-4-3-7;1-2-5(7)8-4-3-6/h1,3-4H2,2H3;2H,1,3-4H2. The van der Waals surface area contributed by atoms with Gasteiger partial charge in [0.05, 0.1) is 11.8 Å². The van der Waals surface area contributed by atoms with Gasteiger partial charge >= 0.3 is 11.9 Å². The van der Waals surface area contributed by atoms with E-state index < -0.39 is 5.97 Å². The van der Waals surface area contributed by atoms with Crippen LogP contribution in [0.25, 0.3) is 0 Å². The van der Waals surface area contributed by atoms with E-state index >= 15 is 0 Å². The number of alkyl halides is 2. The lowest BCUT2D eigenvalue weighted by Gasteiger charge is -1.98. The van der Waals surface area contributed by atoms with E-state index in [-0.39, 0.29) is 19.2 Å². The Morgan fingerprint density at radius 2 is 1.65 bits per heavy atom. The van der Waals surface area contributed by atoms with Crippen LogP contribution in [0.4, 0.5) is 0 Å². The Hall–Kier alpha value is -1.00.